The molecule has 2 amide bonds. The van der Waals surface area contributed by atoms with Crippen molar-refractivity contribution < 1.29 is 9.59 Å². The topological polar surface area (TPSA) is 75.4 Å². The molecule has 0 aromatic carbocycles. The largest absolute Gasteiger partial charge is 0.351 e. The maximum Gasteiger partial charge on any atom is 0.252 e. The smallest absolute Gasteiger partial charge is 0.252 e. The Morgan fingerprint density at radius 2 is 2.14 bits per heavy atom. The van der Waals surface area contributed by atoms with Gasteiger partial charge in [-0.25, -0.2) is 0 Å². The van der Waals surface area contributed by atoms with Crippen LogP contribution in [0.1, 0.15) is 37.0 Å². The van der Waals surface area contributed by atoms with E-state index in [4.69, 9.17) is 5.73 Å². The van der Waals surface area contributed by atoms with E-state index in [9.17, 15) is 9.59 Å². The third kappa shape index (κ3) is 6.27. The first-order valence-electron chi connectivity index (χ1n) is 7.21. The molecular formula is C15H25N3O2S. The molecule has 118 valence electrons. The van der Waals surface area contributed by atoms with Crippen LogP contribution in [0.25, 0.3) is 0 Å². The molecule has 1 atom stereocenters. The second-order valence-electron chi connectivity index (χ2n) is 5.53. The van der Waals surface area contributed by atoms with Crippen LogP contribution in [-0.4, -0.2) is 42.9 Å². The van der Waals surface area contributed by atoms with Gasteiger partial charge >= 0.3 is 0 Å². The normalized spacial score (nSPS) is 12.2. The molecule has 0 aliphatic carbocycles. The highest BCUT2D eigenvalue weighted by Crippen LogP contribution is 2.06. The molecule has 6 heteroatoms. The van der Waals surface area contributed by atoms with E-state index < -0.39 is 0 Å². The van der Waals surface area contributed by atoms with Gasteiger partial charge in [-0.3, -0.25) is 9.59 Å². The SMILES string of the molecule is CC(C)C(N)CCN(C)C(=O)CCNC(=O)c1ccsc1. The number of nitrogens with two attached hydrogens (primary N) is 1. The number of nitrogens with zero attached hydrogens (tertiary/aromatic N) is 1. The van der Waals surface area contributed by atoms with Crippen LogP contribution in [0.2, 0.25) is 0 Å². The molecule has 0 fully saturated rings. The highest BCUT2D eigenvalue weighted by molar-refractivity contribution is 7.08. The predicted molar refractivity (Wildman–Crippen MR) is 86.3 cm³/mol. The fraction of sp³-hybridized carbons (Fsp3) is 0.600. The molecular weight excluding hydrogens is 286 g/mol. The molecule has 1 unspecified atom stereocenters. The van der Waals surface area contributed by atoms with Crippen molar-refractivity contribution in [2.45, 2.75) is 32.7 Å². The van der Waals surface area contributed by atoms with Crippen molar-refractivity contribution in [2.24, 2.45) is 11.7 Å². The molecule has 0 aliphatic rings. The van der Waals surface area contributed by atoms with Crippen LogP contribution < -0.4 is 11.1 Å². The summed E-state index contributed by atoms with van der Waals surface area (Å²) in [5.74, 6) is 0.309. The highest BCUT2D eigenvalue weighted by atomic mass is 32.1. The summed E-state index contributed by atoms with van der Waals surface area (Å²) in [5.41, 5.74) is 6.61. The molecule has 0 aliphatic heterocycles. The summed E-state index contributed by atoms with van der Waals surface area (Å²) in [6, 6.07) is 1.87. The molecule has 1 aromatic heterocycles. The summed E-state index contributed by atoms with van der Waals surface area (Å²) in [6.45, 7) is 5.16. The summed E-state index contributed by atoms with van der Waals surface area (Å²) >= 11 is 1.48. The van der Waals surface area contributed by atoms with Crippen LogP contribution >= 0.6 is 11.3 Å². The first-order valence-corrected chi connectivity index (χ1v) is 8.16. The number of amides is 2. The quantitative estimate of drug-likeness (QED) is 0.767. The number of hydrogen-bond acceptors (Lipinski definition) is 4. The van der Waals surface area contributed by atoms with Crippen molar-refractivity contribution in [3.05, 3.63) is 22.4 Å². The molecule has 3 N–H and O–H groups in total. The molecule has 0 saturated carbocycles. The minimum absolute atomic E-state index is 0.0246. The van der Waals surface area contributed by atoms with Gasteiger partial charge in [0.15, 0.2) is 0 Å². The van der Waals surface area contributed by atoms with Crippen LogP contribution in [0.5, 0.6) is 0 Å². The van der Waals surface area contributed by atoms with Gasteiger partial charge < -0.3 is 16.0 Å². The maximum absolute atomic E-state index is 11.9. The van der Waals surface area contributed by atoms with Crippen LogP contribution in [0.15, 0.2) is 16.8 Å². The van der Waals surface area contributed by atoms with Crippen molar-refractivity contribution in [2.75, 3.05) is 20.1 Å². The van der Waals surface area contributed by atoms with Crippen LogP contribution in [0.3, 0.4) is 0 Å². The minimum atomic E-state index is -0.131. The van der Waals surface area contributed by atoms with Gasteiger partial charge in [0, 0.05) is 43.5 Å². The lowest BCUT2D eigenvalue weighted by atomic mass is 10.0. The van der Waals surface area contributed by atoms with Gasteiger partial charge in [-0.2, -0.15) is 11.3 Å². The third-order valence-corrected chi connectivity index (χ3v) is 4.17. The zero-order chi connectivity index (χ0) is 15.8. The first-order chi connectivity index (χ1) is 9.91. The van der Waals surface area contributed by atoms with Gasteiger partial charge in [-0.1, -0.05) is 13.8 Å². The summed E-state index contributed by atoms with van der Waals surface area (Å²) < 4.78 is 0. The Hall–Kier alpha value is -1.40. The first kappa shape index (κ1) is 17.7. The summed E-state index contributed by atoms with van der Waals surface area (Å²) in [7, 11) is 1.77. The fourth-order valence-electron chi connectivity index (χ4n) is 1.77. The summed E-state index contributed by atoms with van der Waals surface area (Å²) in [5, 5.41) is 6.39. The average Bonchev–Trinajstić information content (AvgIpc) is 2.97. The molecule has 1 aromatic rings. The number of nitrogens with one attached hydrogen (secondary N) is 1. The lowest BCUT2D eigenvalue weighted by Gasteiger charge is -2.21. The van der Waals surface area contributed by atoms with Gasteiger partial charge in [0.25, 0.3) is 5.91 Å². The predicted octanol–water partition coefficient (Wildman–Crippen LogP) is 1.70. The molecule has 0 bridgehead atoms. The molecule has 0 saturated heterocycles. The summed E-state index contributed by atoms with van der Waals surface area (Å²) in [6.07, 6.45) is 1.10. The van der Waals surface area contributed by atoms with Crippen molar-refractivity contribution in [3.8, 4) is 0 Å². The molecule has 5 nitrogen and oxygen atoms in total. The van der Waals surface area contributed by atoms with E-state index >= 15 is 0 Å². The van der Waals surface area contributed by atoms with Crippen molar-refractivity contribution in [3.63, 3.8) is 0 Å². The van der Waals surface area contributed by atoms with E-state index in [0.717, 1.165) is 6.42 Å². The fourth-order valence-corrected chi connectivity index (χ4v) is 2.41. The Bertz CT molecular complexity index is 446. The second kappa shape index (κ2) is 8.79. The zero-order valence-electron chi connectivity index (χ0n) is 13.0. The number of hydrogen-bond donors (Lipinski definition) is 2. The van der Waals surface area contributed by atoms with Crippen LogP contribution in [0, 0.1) is 5.92 Å². The number of thiophene rings is 1. The second-order valence-corrected chi connectivity index (χ2v) is 6.31. The van der Waals surface area contributed by atoms with E-state index in [1.54, 1.807) is 23.4 Å². The summed E-state index contributed by atoms with van der Waals surface area (Å²) in [4.78, 5) is 25.3. The maximum atomic E-state index is 11.9. The Morgan fingerprint density at radius 3 is 2.71 bits per heavy atom. The Morgan fingerprint density at radius 1 is 1.43 bits per heavy atom. The Kier molecular flexibility index (Phi) is 7.39. The number of carbonyl (C=O) groups excluding carboxylic acids is 2. The third-order valence-electron chi connectivity index (χ3n) is 3.49. The number of carbonyl (C=O) groups is 2. The van der Waals surface area contributed by atoms with Gasteiger partial charge in [0.05, 0.1) is 0 Å². The van der Waals surface area contributed by atoms with Gasteiger partial charge in [-0.15, -0.1) is 0 Å². The van der Waals surface area contributed by atoms with Gasteiger partial charge in [-0.05, 0) is 23.8 Å². The van der Waals surface area contributed by atoms with Crippen LogP contribution in [-0.2, 0) is 4.79 Å². The molecule has 1 rings (SSSR count). The van der Waals surface area contributed by atoms with Gasteiger partial charge in [0.2, 0.25) is 5.91 Å². The lowest BCUT2D eigenvalue weighted by Crippen LogP contribution is -2.36. The Balaban J connectivity index is 2.22. The zero-order valence-corrected chi connectivity index (χ0v) is 13.8. The van der Waals surface area contributed by atoms with E-state index in [1.165, 1.54) is 11.3 Å². The molecule has 21 heavy (non-hydrogen) atoms. The van der Waals surface area contributed by atoms with Gasteiger partial charge in [0.1, 0.15) is 0 Å². The molecule has 0 radical (unpaired) electrons. The average molecular weight is 311 g/mol. The van der Waals surface area contributed by atoms with Crippen LogP contribution in [0.4, 0.5) is 0 Å². The Labute approximate surface area is 130 Å². The van der Waals surface area contributed by atoms with Crippen molar-refractivity contribution >= 4 is 23.2 Å². The monoisotopic (exact) mass is 311 g/mol. The van der Waals surface area contributed by atoms with E-state index in [1.807, 2.05) is 5.38 Å². The van der Waals surface area contributed by atoms with E-state index in [0.29, 0.717) is 31.0 Å². The minimum Gasteiger partial charge on any atom is -0.351 e. The number of rotatable bonds is 8. The van der Waals surface area contributed by atoms with Crippen molar-refractivity contribution in [1.29, 1.82) is 0 Å². The van der Waals surface area contributed by atoms with E-state index in [-0.39, 0.29) is 17.9 Å². The highest BCUT2D eigenvalue weighted by Gasteiger charge is 2.13. The lowest BCUT2D eigenvalue weighted by molar-refractivity contribution is -0.129. The standard InChI is InChI=1S/C15H25N3O2S/c1-11(2)13(16)5-8-18(3)14(19)4-7-17-15(20)12-6-9-21-10-12/h6,9-11,13H,4-5,7-8,16H2,1-3H3,(H,17,20). The molecule has 1 heterocycles. The van der Waals surface area contributed by atoms with E-state index in [2.05, 4.69) is 19.2 Å². The molecule has 0 spiro atoms. The van der Waals surface area contributed by atoms with Crippen molar-refractivity contribution in [1.82, 2.24) is 10.2 Å².